The molecule has 0 amide bonds. The molecule has 116 valence electrons. The number of rotatable bonds is 13. The van der Waals surface area contributed by atoms with Crippen LogP contribution in [0.15, 0.2) is 0 Å². The summed E-state index contributed by atoms with van der Waals surface area (Å²) in [5.41, 5.74) is 5.91. The fourth-order valence-electron chi connectivity index (χ4n) is 2.23. The molecule has 3 nitrogen and oxygen atoms in total. The van der Waals surface area contributed by atoms with E-state index in [4.69, 9.17) is 5.73 Å². The molecule has 1 unspecified atom stereocenters. The van der Waals surface area contributed by atoms with Gasteiger partial charge in [-0.25, -0.2) is 8.42 Å². The molecule has 0 aliphatic heterocycles. The second-order valence-corrected chi connectivity index (χ2v) is 8.06. The molecule has 2 N–H and O–H groups in total. The molecular weight excluding hydrogens is 258 g/mol. The third kappa shape index (κ3) is 15.9. The number of hydrogen-bond donors (Lipinski definition) is 1. The Morgan fingerprint density at radius 3 is 1.79 bits per heavy atom. The van der Waals surface area contributed by atoms with Gasteiger partial charge >= 0.3 is 0 Å². The third-order valence-electron chi connectivity index (χ3n) is 3.54. The first-order chi connectivity index (χ1) is 8.95. The molecule has 19 heavy (non-hydrogen) atoms. The first-order valence-electron chi connectivity index (χ1n) is 7.89. The Hall–Kier alpha value is -0.0900. The minimum absolute atomic E-state index is 0.0549. The van der Waals surface area contributed by atoms with Gasteiger partial charge in [-0.2, -0.15) is 0 Å². The third-order valence-corrected chi connectivity index (χ3v) is 4.52. The monoisotopic (exact) mass is 291 g/mol. The van der Waals surface area contributed by atoms with Crippen molar-refractivity contribution in [2.75, 3.05) is 12.0 Å². The molecule has 0 fully saturated rings. The molecule has 0 bridgehead atoms. The summed E-state index contributed by atoms with van der Waals surface area (Å²) in [6.45, 7) is 2.24. The zero-order chi connectivity index (χ0) is 14.6. The van der Waals surface area contributed by atoms with Crippen LogP contribution in [0.4, 0.5) is 0 Å². The van der Waals surface area contributed by atoms with Gasteiger partial charge < -0.3 is 5.73 Å². The fraction of sp³-hybridized carbons (Fsp3) is 1.00. The van der Waals surface area contributed by atoms with Gasteiger partial charge in [0.1, 0.15) is 9.84 Å². The van der Waals surface area contributed by atoms with Crippen molar-refractivity contribution >= 4 is 9.84 Å². The Bertz CT molecular complexity index is 289. The minimum Gasteiger partial charge on any atom is -0.328 e. The predicted octanol–water partition coefficient (Wildman–Crippen LogP) is 3.67. The van der Waals surface area contributed by atoms with Crippen LogP contribution in [-0.4, -0.2) is 26.5 Å². The molecular formula is C15H33NO2S. The van der Waals surface area contributed by atoms with Gasteiger partial charge in [-0.15, -0.1) is 0 Å². The van der Waals surface area contributed by atoms with Crippen molar-refractivity contribution < 1.29 is 8.42 Å². The van der Waals surface area contributed by atoms with E-state index < -0.39 is 9.84 Å². The molecule has 0 aromatic rings. The van der Waals surface area contributed by atoms with Crippen LogP contribution in [0.1, 0.15) is 77.6 Å². The molecule has 0 aliphatic carbocycles. The van der Waals surface area contributed by atoms with Crippen molar-refractivity contribution in [2.24, 2.45) is 5.73 Å². The van der Waals surface area contributed by atoms with Crippen molar-refractivity contribution in [3.63, 3.8) is 0 Å². The van der Waals surface area contributed by atoms with Gasteiger partial charge in [-0.05, 0) is 12.8 Å². The normalized spacial score (nSPS) is 13.6. The van der Waals surface area contributed by atoms with E-state index in [-0.39, 0.29) is 11.8 Å². The Kier molecular flexibility index (Phi) is 11.7. The van der Waals surface area contributed by atoms with Gasteiger partial charge in [0.2, 0.25) is 0 Å². The highest BCUT2D eigenvalue weighted by atomic mass is 32.2. The number of unbranched alkanes of at least 4 members (excludes halogenated alkanes) is 8. The molecule has 0 radical (unpaired) electrons. The lowest BCUT2D eigenvalue weighted by Gasteiger charge is -2.10. The molecule has 0 saturated heterocycles. The van der Waals surface area contributed by atoms with Gasteiger partial charge in [0, 0.05) is 12.3 Å². The standard InChI is InChI=1S/C15H33NO2S/c1-3-4-5-6-7-8-9-10-11-12-15(16)13-14-19(2,17)18/h15H,3-14,16H2,1-2H3. The maximum absolute atomic E-state index is 11.0. The summed E-state index contributed by atoms with van der Waals surface area (Å²) >= 11 is 0. The number of nitrogens with two attached hydrogens (primary N) is 1. The van der Waals surface area contributed by atoms with E-state index in [0.717, 1.165) is 12.8 Å². The molecule has 0 rings (SSSR count). The van der Waals surface area contributed by atoms with Crippen LogP contribution in [0.2, 0.25) is 0 Å². The first kappa shape index (κ1) is 18.9. The van der Waals surface area contributed by atoms with E-state index in [9.17, 15) is 8.42 Å². The van der Waals surface area contributed by atoms with E-state index in [2.05, 4.69) is 6.92 Å². The van der Waals surface area contributed by atoms with Crippen molar-refractivity contribution in [1.82, 2.24) is 0 Å². The van der Waals surface area contributed by atoms with Crippen LogP contribution in [0.3, 0.4) is 0 Å². The van der Waals surface area contributed by atoms with Gasteiger partial charge in [0.15, 0.2) is 0 Å². The molecule has 0 heterocycles. The lowest BCUT2D eigenvalue weighted by molar-refractivity contribution is 0.514. The highest BCUT2D eigenvalue weighted by Gasteiger charge is 2.07. The lowest BCUT2D eigenvalue weighted by atomic mass is 10.0. The van der Waals surface area contributed by atoms with E-state index >= 15 is 0 Å². The molecule has 0 aromatic heterocycles. The van der Waals surface area contributed by atoms with E-state index in [1.54, 1.807) is 0 Å². The summed E-state index contributed by atoms with van der Waals surface area (Å²) in [7, 11) is -2.85. The largest absolute Gasteiger partial charge is 0.328 e. The van der Waals surface area contributed by atoms with Crippen LogP contribution < -0.4 is 5.73 Å². The molecule has 0 aliphatic rings. The topological polar surface area (TPSA) is 60.2 Å². The Morgan fingerprint density at radius 1 is 0.842 bits per heavy atom. The number of hydrogen-bond acceptors (Lipinski definition) is 3. The highest BCUT2D eigenvalue weighted by molar-refractivity contribution is 7.90. The molecule has 0 aromatic carbocycles. The van der Waals surface area contributed by atoms with Crippen LogP contribution in [0, 0.1) is 0 Å². The minimum atomic E-state index is -2.85. The fourth-order valence-corrected chi connectivity index (χ4v) is 2.96. The zero-order valence-electron chi connectivity index (χ0n) is 12.9. The van der Waals surface area contributed by atoms with Crippen LogP contribution in [-0.2, 0) is 9.84 Å². The molecule has 0 saturated carbocycles. The second kappa shape index (κ2) is 11.7. The summed E-state index contributed by atoms with van der Waals surface area (Å²) < 4.78 is 22.0. The highest BCUT2D eigenvalue weighted by Crippen LogP contribution is 2.11. The van der Waals surface area contributed by atoms with E-state index in [0.29, 0.717) is 6.42 Å². The maximum atomic E-state index is 11.0. The summed E-state index contributed by atoms with van der Waals surface area (Å²) in [5.74, 6) is 0.228. The quantitative estimate of drug-likeness (QED) is 0.527. The molecule has 4 heteroatoms. The van der Waals surface area contributed by atoms with Crippen molar-refractivity contribution in [2.45, 2.75) is 83.6 Å². The van der Waals surface area contributed by atoms with Crippen molar-refractivity contribution in [3.8, 4) is 0 Å². The average molecular weight is 292 g/mol. The van der Waals surface area contributed by atoms with Crippen LogP contribution in [0.5, 0.6) is 0 Å². The van der Waals surface area contributed by atoms with Gasteiger partial charge in [0.05, 0.1) is 5.75 Å². The van der Waals surface area contributed by atoms with Crippen LogP contribution in [0.25, 0.3) is 0 Å². The predicted molar refractivity (Wildman–Crippen MR) is 84.1 cm³/mol. The van der Waals surface area contributed by atoms with E-state index in [1.165, 1.54) is 57.6 Å². The molecule has 1 atom stereocenters. The Morgan fingerprint density at radius 2 is 1.32 bits per heavy atom. The van der Waals surface area contributed by atoms with Crippen LogP contribution >= 0.6 is 0 Å². The Labute approximate surface area is 120 Å². The molecule has 0 spiro atoms. The first-order valence-corrected chi connectivity index (χ1v) is 9.95. The number of sulfone groups is 1. The zero-order valence-corrected chi connectivity index (χ0v) is 13.7. The van der Waals surface area contributed by atoms with Crippen molar-refractivity contribution in [3.05, 3.63) is 0 Å². The SMILES string of the molecule is CCCCCCCCCCCC(N)CCS(C)(=O)=O. The summed E-state index contributed by atoms with van der Waals surface area (Å²) in [5, 5.41) is 0. The Balaban J connectivity index is 3.25. The lowest BCUT2D eigenvalue weighted by Crippen LogP contribution is -2.23. The van der Waals surface area contributed by atoms with Gasteiger partial charge in [0.25, 0.3) is 0 Å². The smallest absolute Gasteiger partial charge is 0.147 e. The van der Waals surface area contributed by atoms with Crippen molar-refractivity contribution in [1.29, 1.82) is 0 Å². The van der Waals surface area contributed by atoms with Gasteiger partial charge in [-0.1, -0.05) is 64.7 Å². The second-order valence-electron chi connectivity index (χ2n) is 5.80. The summed E-state index contributed by atoms with van der Waals surface area (Å²) in [6, 6.07) is 0.0549. The van der Waals surface area contributed by atoms with Gasteiger partial charge in [-0.3, -0.25) is 0 Å². The summed E-state index contributed by atoms with van der Waals surface area (Å²) in [6.07, 6.45) is 14.7. The summed E-state index contributed by atoms with van der Waals surface area (Å²) in [4.78, 5) is 0. The maximum Gasteiger partial charge on any atom is 0.147 e. The van der Waals surface area contributed by atoms with E-state index in [1.807, 2.05) is 0 Å². The average Bonchev–Trinajstić information content (AvgIpc) is 2.33.